The lowest BCUT2D eigenvalue weighted by molar-refractivity contribution is 0.0699. The average Bonchev–Trinajstić information content (AvgIpc) is 3.41. The highest BCUT2D eigenvalue weighted by Crippen LogP contribution is 2.28. The quantitative estimate of drug-likeness (QED) is 0.543. The smallest absolute Gasteiger partial charge is 0.278 e. The summed E-state index contributed by atoms with van der Waals surface area (Å²) in [6, 6.07) is 7.55. The molecule has 1 aromatic carbocycles. The third kappa shape index (κ3) is 3.49. The van der Waals surface area contributed by atoms with Crippen LogP contribution in [0.4, 0.5) is 4.39 Å². The molecule has 5 rings (SSSR count). The van der Waals surface area contributed by atoms with Crippen molar-refractivity contribution in [2.45, 2.75) is 25.7 Å². The predicted molar refractivity (Wildman–Crippen MR) is 108 cm³/mol. The van der Waals surface area contributed by atoms with Crippen LogP contribution in [0.2, 0.25) is 0 Å². The molecule has 3 aromatic heterocycles. The van der Waals surface area contributed by atoms with Crippen LogP contribution in [-0.4, -0.2) is 48.6 Å². The van der Waals surface area contributed by atoms with Crippen molar-refractivity contribution >= 4 is 11.4 Å². The van der Waals surface area contributed by atoms with Crippen LogP contribution < -0.4 is 5.56 Å². The van der Waals surface area contributed by atoms with E-state index in [4.69, 9.17) is 4.52 Å². The van der Waals surface area contributed by atoms with Crippen LogP contribution in [0, 0.1) is 12.7 Å². The second-order valence-corrected chi connectivity index (χ2v) is 7.65. The zero-order valence-corrected chi connectivity index (χ0v) is 16.7. The van der Waals surface area contributed by atoms with Crippen molar-refractivity contribution in [1.82, 2.24) is 29.6 Å². The lowest BCUT2D eigenvalue weighted by Crippen LogP contribution is -2.39. The Hall–Kier alpha value is -3.82. The van der Waals surface area contributed by atoms with Crippen molar-refractivity contribution < 1.29 is 13.7 Å². The van der Waals surface area contributed by atoms with Crippen molar-refractivity contribution in [1.29, 1.82) is 0 Å². The number of aromatic nitrogens is 5. The van der Waals surface area contributed by atoms with E-state index in [0.717, 1.165) is 12.8 Å². The summed E-state index contributed by atoms with van der Waals surface area (Å²) in [5, 5.41) is 8.43. The molecule has 1 atom stereocenters. The molecule has 1 aliphatic heterocycles. The van der Waals surface area contributed by atoms with Crippen molar-refractivity contribution in [2.75, 3.05) is 13.1 Å². The zero-order valence-electron chi connectivity index (χ0n) is 16.7. The van der Waals surface area contributed by atoms with Gasteiger partial charge < -0.3 is 14.4 Å². The summed E-state index contributed by atoms with van der Waals surface area (Å²) in [4.78, 5) is 33.6. The number of likely N-dealkylation sites (tertiary alicyclic amines) is 1. The number of nitrogens with zero attached hydrogens (tertiary/aromatic N) is 5. The van der Waals surface area contributed by atoms with E-state index >= 15 is 0 Å². The maximum atomic E-state index is 14.0. The third-order valence-electron chi connectivity index (χ3n) is 5.43. The molecule has 1 aliphatic rings. The summed E-state index contributed by atoms with van der Waals surface area (Å²) in [7, 11) is 0. The van der Waals surface area contributed by atoms with E-state index in [0.29, 0.717) is 35.8 Å². The first-order valence-corrected chi connectivity index (χ1v) is 9.96. The fourth-order valence-corrected chi connectivity index (χ4v) is 3.91. The number of benzene rings is 1. The minimum Gasteiger partial charge on any atom is -0.338 e. The second kappa shape index (κ2) is 7.46. The molecule has 1 fully saturated rings. The number of piperidine rings is 1. The molecule has 1 amide bonds. The molecule has 0 spiro atoms. The van der Waals surface area contributed by atoms with Gasteiger partial charge in [-0.3, -0.25) is 9.59 Å². The van der Waals surface area contributed by atoms with E-state index in [1.54, 1.807) is 36.2 Å². The van der Waals surface area contributed by atoms with Gasteiger partial charge in [0.1, 0.15) is 11.3 Å². The van der Waals surface area contributed by atoms with E-state index in [9.17, 15) is 14.0 Å². The molecule has 31 heavy (non-hydrogen) atoms. The fraction of sp³-hybridized carbons (Fsp3) is 0.286. The number of aryl methyl sites for hydroxylation is 1. The highest BCUT2D eigenvalue weighted by Gasteiger charge is 2.30. The third-order valence-corrected chi connectivity index (χ3v) is 5.43. The van der Waals surface area contributed by atoms with Crippen molar-refractivity contribution in [3.63, 3.8) is 0 Å². The molecule has 0 aliphatic carbocycles. The summed E-state index contributed by atoms with van der Waals surface area (Å²) >= 11 is 0. The Morgan fingerprint density at radius 2 is 2.16 bits per heavy atom. The second-order valence-electron chi connectivity index (χ2n) is 7.65. The first kappa shape index (κ1) is 19.2. The van der Waals surface area contributed by atoms with Crippen molar-refractivity contribution in [3.05, 3.63) is 69.8 Å². The SMILES string of the molecule is Cc1cn2nc(-c3nc(C4CCCN(C(=O)c5ccccc5F)C4)no3)cc2c(=O)[nH]1. The monoisotopic (exact) mass is 422 g/mol. The lowest BCUT2D eigenvalue weighted by Gasteiger charge is -2.31. The van der Waals surface area contributed by atoms with Gasteiger partial charge >= 0.3 is 0 Å². The van der Waals surface area contributed by atoms with Crippen LogP contribution in [0.25, 0.3) is 17.1 Å². The summed E-state index contributed by atoms with van der Waals surface area (Å²) < 4.78 is 20.9. The zero-order chi connectivity index (χ0) is 21.5. The van der Waals surface area contributed by atoms with Gasteiger partial charge in [0, 0.05) is 37.0 Å². The number of rotatable bonds is 3. The molecule has 4 aromatic rings. The van der Waals surface area contributed by atoms with Crippen LogP contribution in [0.15, 0.2) is 45.8 Å². The molecule has 10 heteroatoms. The van der Waals surface area contributed by atoms with E-state index in [-0.39, 0.29) is 28.8 Å². The van der Waals surface area contributed by atoms with Crippen LogP contribution in [0.3, 0.4) is 0 Å². The minimum absolute atomic E-state index is 0.0576. The largest absolute Gasteiger partial charge is 0.338 e. The number of nitrogens with one attached hydrogen (secondary N) is 1. The summed E-state index contributed by atoms with van der Waals surface area (Å²) in [6.07, 6.45) is 3.23. The molecule has 1 unspecified atom stereocenters. The normalized spacial score (nSPS) is 16.7. The van der Waals surface area contributed by atoms with Gasteiger partial charge in [-0.25, -0.2) is 8.91 Å². The maximum absolute atomic E-state index is 14.0. The molecule has 0 radical (unpaired) electrons. The van der Waals surface area contributed by atoms with E-state index in [2.05, 4.69) is 20.2 Å². The van der Waals surface area contributed by atoms with Crippen LogP contribution in [-0.2, 0) is 0 Å². The van der Waals surface area contributed by atoms with Crippen LogP contribution >= 0.6 is 0 Å². The standard InChI is InChI=1S/C21H19FN6O3/c1-12-10-28-17(19(29)23-12)9-16(25-28)20-24-18(26-31-20)13-5-4-8-27(11-13)21(30)14-6-2-3-7-15(14)22/h2-3,6-7,9-10,13H,4-5,8,11H2,1H3,(H,23,29). The molecule has 1 saturated heterocycles. The Labute approximate surface area is 175 Å². The summed E-state index contributed by atoms with van der Waals surface area (Å²) in [5.41, 5.74) is 1.25. The van der Waals surface area contributed by atoms with Gasteiger partial charge in [-0.15, -0.1) is 0 Å². The Kier molecular flexibility index (Phi) is 4.61. The number of hydrogen-bond donors (Lipinski definition) is 1. The maximum Gasteiger partial charge on any atom is 0.278 e. The summed E-state index contributed by atoms with van der Waals surface area (Å²) in [6.45, 7) is 2.68. The average molecular weight is 422 g/mol. The highest BCUT2D eigenvalue weighted by molar-refractivity contribution is 5.94. The number of fused-ring (bicyclic) bond motifs is 1. The number of aromatic amines is 1. The number of carbonyl (C=O) groups excluding carboxylic acids is 1. The van der Waals surface area contributed by atoms with Crippen molar-refractivity contribution in [3.8, 4) is 11.6 Å². The molecule has 4 heterocycles. The van der Waals surface area contributed by atoms with Gasteiger partial charge in [0.2, 0.25) is 0 Å². The first-order valence-electron chi connectivity index (χ1n) is 9.96. The van der Waals surface area contributed by atoms with Gasteiger partial charge in [-0.2, -0.15) is 10.1 Å². The first-order chi connectivity index (χ1) is 15.0. The Morgan fingerprint density at radius 1 is 1.32 bits per heavy atom. The topological polar surface area (TPSA) is 109 Å². The fourth-order valence-electron chi connectivity index (χ4n) is 3.91. The molecule has 0 saturated carbocycles. The minimum atomic E-state index is -0.534. The van der Waals surface area contributed by atoms with E-state index < -0.39 is 5.82 Å². The van der Waals surface area contributed by atoms with Gasteiger partial charge in [-0.05, 0) is 31.9 Å². The molecule has 9 nitrogen and oxygen atoms in total. The van der Waals surface area contributed by atoms with E-state index in [1.807, 2.05) is 0 Å². The lowest BCUT2D eigenvalue weighted by atomic mass is 9.96. The Morgan fingerprint density at radius 3 is 3.00 bits per heavy atom. The summed E-state index contributed by atoms with van der Waals surface area (Å²) in [5.74, 6) is -0.351. The number of H-pyrrole nitrogens is 1. The number of carbonyl (C=O) groups is 1. The molecule has 0 bridgehead atoms. The molecule has 1 N–H and O–H groups in total. The molecular weight excluding hydrogens is 403 g/mol. The number of amides is 1. The Bertz CT molecular complexity index is 1340. The van der Waals surface area contributed by atoms with Gasteiger partial charge in [0.05, 0.1) is 5.56 Å². The van der Waals surface area contributed by atoms with Gasteiger partial charge in [0.15, 0.2) is 11.5 Å². The van der Waals surface area contributed by atoms with Crippen LogP contribution in [0.5, 0.6) is 0 Å². The molecular formula is C21H19FN6O3. The highest BCUT2D eigenvalue weighted by atomic mass is 19.1. The predicted octanol–water partition coefficient (Wildman–Crippen LogP) is 2.54. The Balaban J connectivity index is 1.38. The number of hydrogen-bond acceptors (Lipinski definition) is 6. The van der Waals surface area contributed by atoms with Gasteiger partial charge in [0.25, 0.3) is 17.4 Å². The molecule has 158 valence electrons. The van der Waals surface area contributed by atoms with Crippen LogP contribution in [0.1, 0.15) is 40.6 Å². The van der Waals surface area contributed by atoms with Gasteiger partial charge in [-0.1, -0.05) is 17.3 Å². The number of halogens is 1. The van der Waals surface area contributed by atoms with Crippen molar-refractivity contribution in [2.24, 2.45) is 0 Å². The van der Waals surface area contributed by atoms with E-state index in [1.165, 1.54) is 16.6 Å².